The van der Waals surface area contributed by atoms with Crippen LogP contribution in [-0.4, -0.2) is 13.4 Å². The van der Waals surface area contributed by atoms with E-state index in [0.717, 1.165) is 16.7 Å². The fourth-order valence-corrected chi connectivity index (χ4v) is 4.44. The van der Waals surface area contributed by atoms with Crippen molar-refractivity contribution in [1.82, 2.24) is 4.98 Å². The van der Waals surface area contributed by atoms with Crippen LogP contribution >= 0.6 is 11.6 Å². The molecule has 5 nitrogen and oxygen atoms in total. The lowest BCUT2D eigenvalue weighted by Gasteiger charge is -2.07. The molecule has 1 aromatic heterocycles. The molecule has 31 heavy (non-hydrogen) atoms. The third-order valence-corrected chi connectivity index (χ3v) is 6.78. The Hall–Kier alpha value is -3.09. The van der Waals surface area contributed by atoms with E-state index >= 15 is 0 Å². The van der Waals surface area contributed by atoms with Gasteiger partial charge in [0.2, 0.25) is 26.6 Å². The second-order valence-electron chi connectivity index (χ2n) is 7.32. The summed E-state index contributed by atoms with van der Waals surface area (Å²) in [5.41, 5.74) is 3.69. The van der Waals surface area contributed by atoms with Crippen molar-refractivity contribution in [1.29, 1.82) is 0 Å². The van der Waals surface area contributed by atoms with Crippen LogP contribution in [0.2, 0.25) is 5.02 Å². The summed E-state index contributed by atoms with van der Waals surface area (Å²) >= 11 is 5.95. The molecule has 0 saturated heterocycles. The third-order valence-electron chi connectivity index (χ3n) is 4.85. The van der Waals surface area contributed by atoms with Gasteiger partial charge in [0.05, 0.1) is 4.90 Å². The highest BCUT2D eigenvalue weighted by Crippen LogP contribution is 2.33. The zero-order chi connectivity index (χ0) is 22.0. The Morgan fingerprint density at radius 3 is 2.06 bits per heavy atom. The molecule has 1 N–H and O–H groups in total. The predicted octanol–water partition coefficient (Wildman–Crippen LogP) is 6.06. The van der Waals surface area contributed by atoms with Crippen molar-refractivity contribution < 1.29 is 12.8 Å². The van der Waals surface area contributed by atoms with E-state index in [2.05, 4.69) is 10.3 Å². The summed E-state index contributed by atoms with van der Waals surface area (Å²) in [5.74, 6) is 0.343. The molecule has 4 aromatic rings. The largest absolute Gasteiger partial charge is 0.419 e. The maximum atomic E-state index is 13.3. The number of nitrogens with zero attached hydrogens (tertiary/aromatic N) is 1. The predicted molar refractivity (Wildman–Crippen MR) is 122 cm³/mol. The highest BCUT2D eigenvalue weighted by Gasteiger charge is 2.28. The second-order valence-corrected chi connectivity index (χ2v) is 9.62. The molecule has 1 heterocycles. The molecule has 0 amide bonds. The Kier molecular flexibility index (Phi) is 5.85. The standard InChI is InChI=1S/C24H21ClN2O3S/c1-16-3-9-19(10-4-16)22-27-24(31(28,29)21-13-5-17(2)6-14-21)23(30-22)26-15-18-7-11-20(25)12-8-18/h3-14,26H,15H2,1-2H3. The Morgan fingerprint density at radius 2 is 1.45 bits per heavy atom. The molecule has 0 aliphatic carbocycles. The zero-order valence-corrected chi connectivity index (χ0v) is 18.7. The zero-order valence-electron chi connectivity index (χ0n) is 17.1. The molecule has 0 unspecified atom stereocenters. The Labute approximate surface area is 186 Å². The number of benzene rings is 3. The number of aromatic nitrogens is 1. The van der Waals surface area contributed by atoms with Gasteiger partial charge < -0.3 is 9.73 Å². The monoisotopic (exact) mass is 452 g/mol. The summed E-state index contributed by atoms with van der Waals surface area (Å²) in [7, 11) is -3.88. The molecule has 0 radical (unpaired) electrons. The first-order valence-corrected chi connectivity index (χ1v) is 11.6. The minimum Gasteiger partial charge on any atom is -0.419 e. The van der Waals surface area contributed by atoms with Crippen LogP contribution in [0.5, 0.6) is 0 Å². The van der Waals surface area contributed by atoms with E-state index in [-0.39, 0.29) is 21.7 Å². The average Bonchev–Trinajstić information content (AvgIpc) is 3.19. The maximum absolute atomic E-state index is 13.3. The van der Waals surface area contributed by atoms with Gasteiger partial charge in [0, 0.05) is 17.1 Å². The van der Waals surface area contributed by atoms with Crippen LogP contribution in [-0.2, 0) is 16.4 Å². The fourth-order valence-electron chi connectivity index (χ4n) is 3.03. The Morgan fingerprint density at radius 1 is 0.871 bits per heavy atom. The molecule has 0 saturated carbocycles. The van der Waals surface area contributed by atoms with Crippen molar-refractivity contribution >= 4 is 27.3 Å². The Balaban J connectivity index is 1.74. The summed E-state index contributed by atoms with van der Waals surface area (Å²) in [5, 5.41) is 3.58. The van der Waals surface area contributed by atoms with Crippen molar-refractivity contribution in [3.05, 3.63) is 94.5 Å². The lowest BCUT2D eigenvalue weighted by molar-refractivity contribution is 0.576. The number of aryl methyl sites for hydroxylation is 2. The lowest BCUT2D eigenvalue weighted by Crippen LogP contribution is -2.07. The number of anilines is 1. The summed E-state index contributed by atoms with van der Waals surface area (Å²) in [6, 6.07) is 21.5. The molecule has 0 bridgehead atoms. The van der Waals surface area contributed by atoms with Crippen LogP contribution in [0.25, 0.3) is 11.5 Å². The number of rotatable bonds is 6. The van der Waals surface area contributed by atoms with Crippen LogP contribution in [0.4, 0.5) is 5.88 Å². The first-order valence-electron chi connectivity index (χ1n) is 9.71. The number of halogens is 1. The van der Waals surface area contributed by atoms with Gasteiger partial charge in [-0.05, 0) is 55.8 Å². The lowest BCUT2D eigenvalue weighted by atomic mass is 10.1. The van der Waals surface area contributed by atoms with E-state index in [9.17, 15) is 8.42 Å². The molecule has 158 valence electrons. The van der Waals surface area contributed by atoms with Gasteiger partial charge in [0.15, 0.2) is 0 Å². The maximum Gasteiger partial charge on any atom is 0.234 e. The summed E-state index contributed by atoms with van der Waals surface area (Å²) in [4.78, 5) is 4.53. The van der Waals surface area contributed by atoms with Gasteiger partial charge in [0.1, 0.15) is 0 Å². The number of sulfone groups is 1. The number of nitrogens with one attached hydrogen (secondary N) is 1. The van der Waals surface area contributed by atoms with Gasteiger partial charge in [-0.15, -0.1) is 0 Å². The first kappa shape index (κ1) is 21.2. The van der Waals surface area contributed by atoms with Crippen LogP contribution < -0.4 is 5.32 Å². The van der Waals surface area contributed by atoms with Crippen LogP contribution in [0.3, 0.4) is 0 Å². The quantitative estimate of drug-likeness (QED) is 0.385. The van der Waals surface area contributed by atoms with Gasteiger partial charge in [0.25, 0.3) is 0 Å². The van der Waals surface area contributed by atoms with Crippen LogP contribution in [0.1, 0.15) is 16.7 Å². The molecular weight excluding hydrogens is 432 g/mol. The Bertz CT molecular complexity index is 1290. The molecule has 4 rings (SSSR count). The van der Waals surface area contributed by atoms with Crippen LogP contribution in [0.15, 0.2) is 87.1 Å². The van der Waals surface area contributed by atoms with Gasteiger partial charge in [-0.1, -0.05) is 59.1 Å². The molecule has 0 fully saturated rings. The van der Waals surface area contributed by atoms with E-state index < -0.39 is 9.84 Å². The molecule has 0 spiro atoms. The highest BCUT2D eigenvalue weighted by molar-refractivity contribution is 7.91. The van der Waals surface area contributed by atoms with Gasteiger partial charge >= 0.3 is 0 Å². The molecule has 0 aliphatic heterocycles. The molecular formula is C24H21ClN2O3S. The van der Waals surface area contributed by atoms with E-state index in [0.29, 0.717) is 17.1 Å². The third kappa shape index (κ3) is 4.65. The minimum atomic E-state index is -3.88. The smallest absolute Gasteiger partial charge is 0.234 e. The molecule has 0 aliphatic rings. The van der Waals surface area contributed by atoms with E-state index in [1.807, 2.05) is 50.2 Å². The first-order chi connectivity index (χ1) is 14.8. The van der Waals surface area contributed by atoms with Crippen molar-refractivity contribution in [3.8, 4) is 11.5 Å². The summed E-state index contributed by atoms with van der Waals surface area (Å²) in [6.45, 7) is 4.24. The van der Waals surface area contributed by atoms with Crippen LogP contribution in [0, 0.1) is 13.8 Å². The topological polar surface area (TPSA) is 72.2 Å². The number of hydrogen-bond acceptors (Lipinski definition) is 5. The van der Waals surface area contributed by atoms with Crippen molar-refractivity contribution in [3.63, 3.8) is 0 Å². The van der Waals surface area contributed by atoms with E-state index in [4.69, 9.17) is 16.0 Å². The van der Waals surface area contributed by atoms with E-state index in [1.54, 1.807) is 36.4 Å². The summed E-state index contributed by atoms with van der Waals surface area (Å²) < 4.78 is 32.6. The molecule has 0 atom stereocenters. The van der Waals surface area contributed by atoms with Gasteiger partial charge in [-0.25, -0.2) is 8.42 Å². The van der Waals surface area contributed by atoms with Gasteiger partial charge in [-0.3, -0.25) is 0 Å². The molecule has 7 heteroatoms. The highest BCUT2D eigenvalue weighted by atomic mass is 35.5. The van der Waals surface area contributed by atoms with Crippen molar-refractivity contribution in [2.24, 2.45) is 0 Å². The minimum absolute atomic E-state index is 0.103. The summed E-state index contributed by atoms with van der Waals surface area (Å²) in [6.07, 6.45) is 0. The number of oxazole rings is 1. The van der Waals surface area contributed by atoms with E-state index in [1.165, 1.54) is 0 Å². The van der Waals surface area contributed by atoms with Crippen molar-refractivity contribution in [2.45, 2.75) is 30.3 Å². The SMILES string of the molecule is Cc1ccc(-c2nc(S(=O)(=O)c3ccc(C)cc3)c(NCc3ccc(Cl)cc3)o2)cc1. The van der Waals surface area contributed by atoms with Crippen molar-refractivity contribution in [2.75, 3.05) is 5.32 Å². The normalized spacial score (nSPS) is 11.5. The number of hydrogen-bond donors (Lipinski definition) is 1. The second kappa shape index (κ2) is 8.57. The molecule has 3 aromatic carbocycles. The average molecular weight is 453 g/mol. The fraction of sp³-hybridized carbons (Fsp3) is 0.125. The van der Waals surface area contributed by atoms with Gasteiger partial charge in [-0.2, -0.15) is 4.98 Å².